The first kappa shape index (κ1) is 31.0. The van der Waals surface area contributed by atoms with Gasteiger partial charge in [0, 0.05) is 43.4 Å². The quantitative estimate of drug-likeness (QED) is 0.195. The van der Waals surface area contributed by atoms with Crippen molar-refractivity contribution in [1.82, 2.24) is 9.36 Å². The van der Waals surface area contributed by atoms with E-state index in [0.717, 1.165) is 11.4 Å². The summed E-state index contributed by atoms with van der Waals surface area (Å²) in [5, 5.41) is 11.7. The van der Waals surface area contributed by atoms with Gasteiger partial charge in [0.15, 0.2) is 5.76 Å². The zero-order valence-corrected chi connectivity index (χ0v) is 24.3. The molecule has 0 bridgehead atoms. The third-order valence-electron chi connectivity index (χ3n) is 7.28. The van der Waals surface area contributed by atoms with Crippen molar-refractivity contribution in [3.63, 3.8) is 0 Å². The van der Waals surface area contributed by atoms with Gasteiger partial charge in [0.25, 0.3) is 11.5 Å². The molecular weight excluding hydrogens is 540 g/mol. The third kappa shape index (κ3) is 7.11. The van der Waals surface area contributed by atoms with Crippen molar-refractivity contribution in [2.45, 2.75) is 32.5 Å². The van der Waals surface area contributed by atoms with E-state index in [9.17, 15) is 9.59 Å². The summed E-state index contributed by atoms with van der Waals surface area (Å²) in [5.74, 6) is -1.29. The Bertz CT molecular complexity index is 1420. The third-order valence-corrected chi connectivity index (χ3v) is 7.28. The van der Waals surface area contributed by atoms with Gasteiger partial charge in [-0.25, -0.2) is 4.68 Å². The highest BCUT2D eigenvalue weighted by Gasteiger charge is 2.41. The van der Waals surface area contributed by atoms with Crippen molar-refractivity contribution in [3.05, 3.63) is 88.0 Å². The summed E-state index contributed by atoms with van der Waals surface area (Å²) in [7, 11) is 1.84. The summed E-state index contributed by atoms with van der Waals surface area (Å²) in [5.41, 5.74) is 8.79. The summed E-state index contributed by atoms with van der Waals surface area (Å²) in [4.78, 5) is 27.5. The normalized spacial score (nSPS) is 18.4. The van der Waals surface area contributed by atoms with Crippen LogP contribution in [-0.4, -0.2) is 66.3 Å². The van der Waals surface area contributed by atoms with Gasteiger partial charge < -0.3 is 35.1 Å². The number of nitrogen functional groups attached to an aromatic ring is 1. The highest BCUT2D eigenvalue weighted by Crippen LogP contribution is 2.39. The highest BCUT2D eigenvalue weighted by molar-refractivity contribution is 6.04. The number of carbonyl (C=O) groups is 1. The summed E-state index contributed by atoms with van der Waals surface area (Å²) in [6.07, 6.45) is 1.39. The number of aromatic nitrogens is 2. The van der Waals surface area contributed by atoms with E-state index in [1.54, 1.807) is 35.0 Å². The fourth-order valence-electron chi connectivity index (χ4n) is 5.15. The number of hydrogen-bond donors (Lipinski definition) is 3. The lowest BCUT2D eigenvalue weighted by molar-refractivity contribution is -0.166. The first-order valence-corrected chi connectivity index (χ1v) is 14.1. The second kappa shape index (κ2) is 14.8. The number of benzene rings is 2. The highest BCUT2D eigenvalue weighted by atomic mass is 16.7. The molecule has 2 aromatic carbocycles. The van der Waals surface area contributed by atoms with Gasteiger partial charge in [0.1, 0.15) is 0 Å². The summed E-state index contributed by atoms with van der Waals surface area (Å²) < 4.78 is 26.7. The molecule has 0 aliphatic carbocycles. The number of aliphatic hydroxyl groups excluding tert-OH is 1. The van der Waals surface area contributed by atoms with Crippen molar-refractivity contribution in [1.29, 1.82) is 0 Å². The molecule has 1 aliphatic rings. The standard InChI is InChI=1S/C31H40N4O7/c1-4-41-31-23(14-16-39-18-19-40-17-15-36)24(20-27(42-31)29(37)33-26-13-9-8-12-25(26)32)28-21(2)34(3)35(30(28)38)22-10-6-5-7-11-22/h5-13,20,23-24,31,36H,4,14-19,32H2,1-3H3,(H,33,37)/t23-,24+,31-/m1/s1. The fourth-order valence-corrected chi connectivity index (χ4v) is 5.15. The van der Waals surface area contributed by atoms with Crippen LogP contribution in [0.2, 0.25) is 0 Å². The predicted octanol–water partition coefficient (Wildman–Crippen LogP) is 3.10. The van der Waals surface area contributed by atoms with Gasteiger partial charge in [-0.3, -0.25) is 14.3 Å². The Hall–Kier alpha value is -3.90. The number of amides is 1. The molecule has 0 saturated carbocycles. The molecule has 0 spiro atoms. The number of aliphatic hydroxyl groups is 1. The molecule has 0 unspecified atom stereocenters. The van der Waals surface area contributed by atoms with Gasteiger partial charge in [-0.2, -0.15) is 0 Å². The van der Waals surface area contributed by atoms with E-state index in [0.29, 0.717) is 49.8 Å². The molecule has 3 aromatic rings. The maximum atomic E-state index is 14.1. The second-order valence-corrected chi connectivity index (χ2v) is 9.92. The van der Waals surface area contributed by atoms with Crippen LogP contribution in [0.1, 0.15) is 30.5 Å². The van der Waals surface area contributed by atoms with Gasteiger partial charge in [0.05, 0.1) is 43.5 Å². The van der Waals surface area contributed by atoms with Gasteiger partial charge in [-0.05, 0) is 50.6 Å². The van der Waals surface area contributed by atoms with Crippen LogP contribution in [0.3, 0.4) is 0 Å². The number of nitrogens with one attached hydrogen (secondary N) is 1. The molecular formula is C31H40N4O7. The SMILES string of the molecule is CCO[C@@H]1OC(C(=O)Nc2ccccc2N)=C[C@H](c2c(C)n(C)n(-c3ccccc3)c2=O)[C@H]1CCOCCOCCO. The molecule has 1 amide bonds. The zero-order valence-electron chi connectivity index (χ0n) is 24.3. The van der Waals surface area contributed by atoms with Crippen molar-refractivity contribution >= 4 is 17.3 Å². The van der Waals surface area contributed by atoms with E-state index in [4.69, 9.17) is 29.8 Å². The van der Waals surface area contributed by atoms with E-state index < -0.39 is 18.1 Å². The lowest BCUT2D eigenvalue weighted by Crippen LogP contribution is -2.39. The monoisotopic (exact) mass is 580 g/mol. The molecule has 11 heteroatoms. The fraction of sp³-hybridized carbons (Fsp3) is 0.419. The van der Waals surface area contributed by atoms with Gasteiger partial charge >= 0.3 is 0 Å². The van der Waals surface area contributed by atoms with Crippen molar-refractivity contribution in [2.75, 3.05) is 50.7 Å². The predicted molar refractivity (Wildman–Crippen MR) is 159 cm³/mol. The minimum Gasteiger partial charge on any atom is -0.459 e. The molecule has 1 aromatic heterocycles. The smallest absolute Gasteiger partial charge is 0.290 e. The van der Waals surface area contributed by atoms with Crippen LogP contribution in [0.4, 0.5) is 11.4 Å². The topological polar surface area (TPSA) is 139 Å². The molecule has 42 heavy (non-hydrogen) atoms. The average molecular weight is 581 g/mol. The number of nitrogens with two attached hydrogens (primary N) is 1. The number of ether oxygens (including phenoxy) is 4. The van der Waals surface area contributed by atoms with Gasteiger partial charge in [-0.1, -0.05) is 30.3 Å². The lowest BCUT2D eigenvalue weighted by atomic mass is 9.81. The van der Waals surface area contributed by atoms with Crippen LogP contribution in [0, 0.1) is 12.8 Å². The molecule has 1 aliphatic heterocycles. The number of nitrogens with zero attached hydrogens (tertiary/aromatic N) is 2. The van der Waals surface area contributed by atoms with Crippen LogP contribution in [0.5, 0.6) is 0 Å². The molecule has 226 valence electrons. The zero-order chi connectivity index (χ0) is 30.1. The second-order valence-electron chi connectivity index (χ2n) is 9.92. The van der Waals surface area contributed by atoms with Crippen LogP contribution < -0.4 is 16.6 Å². The maximum Gasteiger partial charge on any atom is 0.290 e. The average Bonchev–Trinajstić information content (AvgIpc) is 3.21. The number of rotatable bonds is 14. The molecule has 4 N–H and O–H groups in total. The van der Waals surface area contributed by atoms with Crippen LogP contribution in [0.25, 0.3) is 5.69 Å². The van der Waals surface area contributed by atoms with E-state index >= 15 is 0 Å². The minimum absolute atomic E-state index is 0.0465. The van der Waals surface area contributed by atoms with E-state index in [1.807, 2.05) is 55.9 Å². The van der Waals surface area contributed by atoms with Gasteiger partial charge in [0.2, 0.25) is 6.29 Å². The molecule has 0 radical (unpaired) electrons. The van der Waals surface area contributed by atoms with E-state index in [1.165, 1.54) is 0 Å². The molecule has 0 saturated heterocycles. The number of anilines is 2. The molecule has 4 rings (SSSR count). The van der Waals surface area contributed by atoms with Gasteiger partial charge in [-0.15, -0.1) is 0 Å². The Morgan fingerprint density at radius 3 is 2.43 bits per heavy atom. The summed E-state index contributed by atoms with van der Waals surface area (Å²) in [6, 6.07) is 16.4. The first-order valence-electron chi connectivity index (χ1n) is 14.1. The maximum absolute atomic E-state index is 14.1. The Morgan fingerprint density at radius 2 is 1.74 bits per heavy atom. The minimum atomic E-state index is -0.808. The van der Waals surface area contributed by atoms with E-state index in [2.05, 4.69) is 5.32 Å². The largest absolute Gasteiger partial charge is 0.459 e. The Balaban J connectivity index is 1.71. The molecule has 3 atom stereocenters. The summed E-state index contributed by atoms with van der Waals surface area (Å²) in [6.45, 7) is 5.34. The lowest BCUT2D eigenvalue weighted by Gasteiger charge is -2.36. The first-order chi connectivity index (χ1) is 20.4. The van der Waals surface area contributed by atoms with Crippen LogP contribution in [-0.2, 0) is 30.8 Å². The van der Waals surface area contributed by atoms with Crippen molar-refractivity contribution in [3.8, 4) is 5.69 Å². The number of para-hydroxylation sites is 3. The van der Waals surface area contributed by atoms with E-state index in [-0.39, 0.29) is 30.5 Å². The molecule has 11 nitrogen and oxygen atoms in total. The van der Waals surface area contributed by atoms with Crippen molar-refractivity contribution in [2.24, 2.45) is 13.0 Å². The van der Waals surface area contributed by atoms with Crippen molar-refractivity contribution < 1.29 is 28.8 Å². The number of allylic oxidation sites excluding steroid dienone is 1. The Kier molecular flexibility index (Phi) is 11.0. The molecule has 0 fully saturated rings. The van der Waals surface area contributed by atoms with Crippen LogP contribution in [0.15, 0.2) is 71.2 Å². The Morgan fingerprint density at radius 1 is 1.05 bits per heavy atom. The number of hydrogen-bond acceptors (Lipinski definition) is 8. The molecule has 2 heterocycles. The number of carbonyl (C=O) groups excluding carboxylic acids is 1. The van der Waals surface area contributed by atoms with Crippen LogP contribution >= 0.6 is 0 Å². The summed E-state index contributed by atoms with van der Waals surface area (Å²) >= 11 is 0. The Labute approximate surface area is 245 Å².